The van der Waals surface area contributed by atoms with E-state index in [0.717, 1.165) is 27.0 Å². The number of nitrogens with one attached hydrogen (secondary N) is 1. The molecule has 0 atom stereocenters. The molecule has 0 fully saturated rings. The van der Waals surface area contributed by atoms with Gasteiger partial charge in [0.2, 0.25) is 5.06 Å². The normalized spacial score (nSPS) is 10.5. The molecule has 0 unspecified atom stereocenters. The number of rotatable bonds is 5. The van der Waals surface area contributed by atoms with Crippen LogP contribution in [0.4, 0.5) is 11.5 Å². The quantitative estimate of drug-likeness (QED) is 0.513. The Morgan fingerprint density at radius 2 is 1.77 bits per heavy atom. The van der Waals surface area contributed by atoms with Crippen molar-refractivity contribution in [3.8, 4) is 22.1 Å². The lowest BCUT2D eigenvalue weighted by molar-refractivity contribution is 0.496. The van der Waals surface area contributed by atoms with E-state index >= 15 is 0 Å². The molecule has 0 amide bonds. The highest BCUT2D eigenvalue weighted by Crippen LogP contribution is 2.38. The summed E-state index contributed by atoms with van der Waals surface area (Å²) >= 11 is 1.53. The highest BCUT2D eigenvalue weighted by atomic mass is 32.1. The van der Waals surface area contributed by atoms with Crippen molar-refractivity contribution in [2.75, 3.05) is 5.32 Å². The zero-order chi connectivity index (χ0) is 17.8. The predicted octanol–water partition coefficient (Wildman–Crippen LogP) is 5.44. The van der Waals surface area contributed by atoms with Gasteiger partial charge in [-0.3, -0.25) is 4.98 Å². The summed E-state index contributed by atoms with van der Waals surface area (Å²) in [6, 6.07) is 17.5. The molecule has 26 heavy (non-hydrogen) atoms. The van der Waals surface area contributed by atoms with Crippen molar-refractivity contribution in [1.29, 1.82) is 0 Å². The molecule has 4 aromatic rings. The summed E-state index contributed by atoms with van der Waals surface area (Å²) in [6.45, 7) is 1.98. The first-order chi connectivity index (χ1) is 12.8. The molecule has 0 saturated carbocycles. The Labute approximate surface area is 155 Å². The Kier molecular flexibility index (Phi) is 4.57. The van der Waals surface area contributed by atoms with Gasteiger partial charge in [0, 0.05) is 35.9 Å². The molecule has 5 nitrogen and oxygen atoms in total. The van der Waals surface area contributed by atoms with E-state index < -0.39 is 0 Å². The average molecular weight is 360 g/mol. The lowest BCUT2D eigenvalue weighted by Gasteiger charge is -2.08. The van der Waals surface area contributed by atoms with Crippen molar-refractivity contribution in [1.82, 2.24) is 15.0 Å². The molecule has 4 rings (SSSR count). The van der Waals surface area contributed by atoms with Crippen LogP contribution in [0.1, 0.15) is 5.01 Å². The molecule has 0 aliphatic heterocycles. The molecular weight excluding hydrogens is 344 g/mol. The van der Waals surface area contributed by atoms with Crippen molar-refractivity contribution in [3.05, 3.63) is 78.2 Å². The third-order valence-corrected chi connectivity index (χ3v) is 4.49. The molecule has 0 saturated heterocycles. The lowest BCUT2D eigenvalue weighted by Crippen LogP contribution is -1.94. The maximum absolute atomic E-state index is 6.13. The summed E-state index contributed by atoms with van der Waals surface area (Å²) in [5.41, 5.74) is 2.81. The van der Waals surface area contributed by atoms with Crippen molar-refractivity contribution in [2.24, 2.45) is 0 Å². The van der Waals surface area contributed by atoms with Crippen LogP contribution < -0.4 is 10.1 Å². The van der Waals surface area contributed by atoms with Gasteiger partial charge in [0.15, 0.2) is 0 Å². The molecule has 128 valence electrons. The minimum atomic E-state index is 0.705. The lowest BCUT2D eigenvalue weighted by atomic mass is 10.2. The van der Waals surface area contributed by atoms with Gasteiger partial charge < -0.3 is 10.1 Å². The van der Waals surface area contributed by atoms with E-state index in [1.807, 2.05) is 61.5 Å². The van der Waals surface area contributed by atoms with Crippen LogP contribution in [0, 0.1) is 6.92 Å². The van der Waals surface area contributed by atoms with Crippen LogP contribution in [0.2, 0.25) is 0 Å². The Morgan fingerprint density at radius 3 is 2.58 bits per heavy atom. The Morgan fingerprint density at radius 1 is 0.962 bits per heavy atom. The smallest absolute Gasteiger partial charge is 0.208 e. The largest absolute Gasteiger partial charge is 0.444 e. The van der Waals surface area contributed by atoms with E-state index in [-0.39, 0.29) is 0 Å². The minimum Gasteiger partial charge on any atom is -0.444 e. The maximum Gasteiger partial charge on any atom is 0.208 e. The summed E-state index contributed by atoms with van der Waals surface area (Å²) in [6.07, 6.45) is 5.18. The monoisotopic (exact) mass is 360 g/mol. The van der Waals surface area contributed by atoms with Gasteiger partial charge in [0.1, 0.15) is 17.3 Å². The van der Waals surface area contributed by atoms with Gasteiger partial charge >= 0.3 is 0 Å². The fourth-order valence-electron chi connectivity index (χ4n) is 2.49. The summed E-state index contributed by atoms with van der Waals surface area (Å²) in [4.78, 5) is 13.0. The van der Waals surface area contributed by atoms with Crippen molar-refractivity contribution < 1.29 is 4.74 Å². The third kappa shape index (κ3) is 3.70. The standard InChI is InChI=1S/C20H16N4OS/c1-14-23-19(15-5-3-2-4-6-15)20(26-14)25-17-9-12-22-18(13-17)24-16-7-10-21-11-8-16/h2-13H,1H3,(H,21,22,24). The topological polar surface area (TPSA) is 59.9 Å². The number of ether oxygens (including phenoxy) is 1. The zero-order valence-corrected chi connectivity index (χ0v) is 14.9. The number of hydrogen-bond donors (Lipinski definition) is 1. The number of hydrogen-bond acceptors (Lipinski definition) is 6. The molecular formula is C20H16N4OS. The highest BCUT2D eigenvalue weighted by molar-refractivity contribution is 7.13. The number of pyridine rings is 2. The molecule has 3 heterocycles. The Hall–Kier alpha value is -3.25. The summed E-state index contributed by atoms with van der Waals surface area (Å²) in [5, 5.41) is 4.97. The molecule has 0 radical (unpaired) electrons. The van der Waals surface area contributed by atoms with Crippen LogP contribution in [0.3, 0.4) is 0 Å². The molecule has 3 aromatic heterocycles. The van der Waals surface area contributed by atoms with E-state index in [0.29, 0.717) is 11.6 Å². The van der Waals surface area contributed by atoms with E-state index in [4.69, 9.17) is 4.74 Å². The van der Waals surface area contributed by atoms with E-state index in [9.17, 15) is 0 Å². The highest BCUT2D eigenvalue weighted by Gasteiger charge is 2.13. The van der Waals surface area contributed by atoms with Gasteiger partial charge in [-0.2, -0.15) is 0 Å². The first-order valence-electron chi connectivity index (χ1n) is 8.12. The summed E-state index contributed by atoms with van der Waals surface area (Å²) in [5.74, 6) is 1.41. The zero-order valence-electron chi connectivity index (χ0n) is 14.1. The third-order valence-electron chi connectivity index (χ3n) is 3.64. The first kappa shape index (κ1) is 16.2. The number of benzene rings is 1. The van der Waals surface area contributed by atoms with Crippen LogP contribution >= 0.6 is 11.3 Å². The van der Waals surface area contributed by atoms with Gasteiger partial charge in [-0.1, -0.05) is 41.7 Å². The van der Waals surface area contributed by atoms with Crippen molar-refractivity contribution in [3.63, 3.8) is 0 Å². The van der Waals surface area contributed by atoms with Crippen LogP contribution in [0.25, 0.3) is 11.3 Å². The number of aromatic nitrogens is 3. The van der Waals surface area contributed by atoms with E-state index in [2.05, 4.69) is 20.3 Å². The number of thiazole rings is 1. The van der Waals surface area contributed by atoms with Crippen LogP contribution in [0.15, 0.2) is 73.2 Å². The second-order valence-electron chi connectivity index (χ2n) is 5.57. The van der Waals surface area contributed by atoms with Crippen molar-refractivity contribution >= 4 is 22.8 Å². The predicted molar refractivity (Wildman–Crippen MR) is 104 cm³/mol. The first-order valence-corrected chi connectivity index (χ1v) is 8.93. The van der Waals surface area contributed by atoms with Crippen LogP contribution in [0.5, 0.6) is 10.8 Å². The Balaban J connectivity index is 1.60. The molecule has 0 aliphatic carbocycles. The molecule has 0 bridgehead atoms. The molecule has 1 aromatic carbocycles. The molecule has 0 spiro atoms. The van der Waals surface area contributed by atoms with E-state index in [1.54, 1.807) is 18.6 Å². The number of aryl methyl sites for hydroxylation is 1. The maximum atomic E-state index is 6.13. The van der Waals surface area contributed by atoms with Crippen LogP contribution in [-0.2, 0) is 0 Å². The Bertz CT molecular complexity index is 1000. The number of anilines is 2. The summed E-state index contributed by atoms with van der Waals surface area (Å²) < 4.78 is 6.13. The van der Waals surface area contributed by atoms with Gasteiger partial charge in [0.25, 0.3) is 0 Å². The molecule has 0 aliphatic rings. The minimum absolute atomic E-state index is 0.705. The van der Waals surface area contributed by atoms with E-state index in [1.165, 1.54) is 11.3 Å². The molecule has 6 heteroatoms. The fraction of sp³-hybridized carbons (Fsp3) is 0.0500. The second kappa shape index (κ2) is 7.33. The van der Waals surface area contributed by atoms with Gasteiger partial charge in [-0.25, -0.2) is 9.97 Å². The van der Waals surface area contributed by atoms with Gasteiger partial charge in [0.05, 0.1) is 5.01 Å². The average Bonchev–Trinajstić information content (AvgIpc) is 3.04. The van der Waals surface area contributed by atoms with Gasteiger partial charge in [-0.15, -0.1) is 0 Å². The van der Waals surface area contributed by atoms with Crippen LogP contribution in [-0.4, -0.2) is 15.0 Å². The van der Waals surface area contributed by atoms with Gasteiger partial charge in [-0.05, 0) is 25.1 Å². The SMILES string of the molecule is Cc1nc(-c2ccccc2)c(Oc2ccnc(Nc3ccncc3)c2)s1. The summed E-state index contributed by atoms with van der Waals surface area (Å²) in [7, 11) is 0. The fourth-order valence-corrected chi connectivity index (χ4v) is 3.29. The molecule has 1 N–H and O–H groups in total. The van der Waals surface area contributed by atoms with Crippen molar-refractivity contribution in [2.45, 2.75) is 6.92 Å². The second-order valence-corrected chi connectivity index (χ2v) is 6.74. The number of nitrogens with zero attached hydrogens (tertiary/aromatic N) is 3.